The molecule has 0 radical (unpaired) electrons. The van der Waals surface area contributed by atoms with Gasteiger partial charge in [-0.3, -0.25) is 14.7 Å². The molecule has 0 atom stereocenters. The molecule has 0 saturated carbocycles. The predicted octanol–water partition coefficient (Wildman–Crippen LogP) is 3.41. The molecule has 2 aromatic heterocycles. The minimum absolute atomic E-state index is 0.223. The van der Waals surface area contributed by atoms with Gasteiger partial charge in [0.05, 0.1) is 28.4 Å². The number of nitrogens with one attached hydrogen (secondary N) is 1. The molecule has 0 fully saturated rings. The molecule has 4 rings (SSSR count). The predicted molar refractivity (Wildman–Crippen MR) is 119 cm³/mol. The zero-order valence-corrected chi connectivity index (χ0v) is 17.0. The van der Waals surface area contributed by atoms with Crippen LogP contribution in [0.15, 0.2) is 69.3 Å². The molecule has 0 aliphatic carbocycles. The van der Waals surface area contributed by atoms with Crippen LogP contribution in [0.1, 0.15) is 36.8 Å². The number of aryl methyl sites for hydroxylation is 2. The number of unbranched alkanes of at least 4 members (excludes halogenated alkanes) is 1. The van der Waals surface area contributed by atoms with Gasteiger partial charge in [0.15, 0.2) is 0 Å². The zero-order valence-electron chi connectivity index (χ0n) is 17.0. The average Bonchev–Trinajstić information content (AvgIpc) is 3.06. The third kappa shape index (κ3) is 3.61. The fourth-order valence-electron chi connectivity index (χ4n) is 3.37. The summed E-state index contributed by atoms with van der Waals surface area (Å²) in [6, 6.07) is 16.6. The molecular formula is C23H23N5O2. The molecule has 7 heteroatoms. The van der Waals surface area contributed by atoms with E-state index in [4.69, 9.17) is 0 Å². The van der Waals surface area contributed by atoms with Crippen molar-refractivity contribution >= 4 is 17.1 Å². The van der Waals surface area contributed by atoms with Crippen molar-refractivity contribution in [2.45, 2.75) is 33.1 Å². The largest absolute Gasteiger partial charge is 0.295 e. The second-order valence-corrected chi connectivity index (χ2v) is 7.14. The highest BCUT2D eigenvalue weighted by atomic mass is 16.1. The summed E-state index contributed by atoms with van der Waals surface area (Å²) in [5, 5.41) is 7.96. The number of aromatic amines is 1. The van der Waals surface area contributed by atoms with Gasteiger partial charge in [0.25, 0.3) is 11.1 Å². The molecule has 0 saturated heterocycles. The Bertz CT molecular complexity index is 1330. The Morgan fingerprint density at radius 1 is 1.03 bits per heavy atom. The first-order chi connectivity index (χ1) is 14.6. The highest BCUT2D eigenvalue weighted by molar-refractivity contribution is 5.81. The minimum Gasteiger partial charge on any atom is -0.295 e. The van der Waals surface area contributed by atoms with Gasteiger partial charge in [-0.25, -0.2) is 9.67 Å². The molecule has 0 aliphatic rings. The highest BCUT2D eigenvalue weighted by Crippen LogP contribution is 2.10. The van der Waals surface area contributed by atoms with Crippen molar-refractivity contribution in [3.63, 3.8) is 0 Å². The molecule has 2 aromatic carbocycles. The van der Waals surface area contributed by atoms with Crippen LogP contribution in [0.4, 0.5) is 0 Å². The van der Waals surface area contributed by atoms with Crippen molar-refractivity contribution in [1.29, 1.82) is 0 Å². The third-order valence-electron chi connectivity index (χ3n) is 5.01. The van der Waals surface area contributed by atoms with Gasteiger partial charge in [-0.05, 0) is 37.6 Å². The van der Waals surface area contributed by atoms with Gasteiger partial charge in [-0.15, -0.1) is 0 Å². The van der Waals surface area contributed by atoms with Gasteiger partial charge in [0, 0.05) is 12.1 Å². The van der Waals surface area contributed by atoms with Gasteiger partial charge in [0.1, 0.15) is 5.82 Å². The summed E-state index contributed by atoms with van der Waals surface area (Å²) < 4.78 is 2.78. The van der Waals surface area contributed by atoms with Gasteiger partial charge in [0.2, 0.25) is 0 Å². The van der Waals surface area contributed by atoms with Crippen LogP contribution in [0.5, 0.6) is 0 Å². The smallest absolute Gasteiger partial charge is 0.282 e. The quantitative estimate of drug-likeness (QED) is 0.503. The van der Waals surface area contributed by atoms with E-state index in [0.717, 1.165) is 18.5 Å². The molecule has 7 nitrogen and oxygen atoms in total. The van der Waals surface area contributed by atoms with Crippen molar-refractivity contribution in [3.8, 4) is 5.69 Å². The van der Waals surface area contributed by atoms with Crippen molar-refractivity contribution in [2.24, 2.45) is 5.10 Å². The van der Waals surface area contributed by atoms with Crippen LogP contribution in [0.3, 0.4) is 0 Å². The lowest BCUT2D eigenvalue weighted by molar-refractivity contribution is 0.675. The van der Waals surface area contributed by atoms with Crippen LogP contribution in [0, 0.1) is 6.92 Å². The maximum absolute atomic E-state index is 13.0. The van der Waals surface area contributed by atoms with E-state index in [1.165, 1.54) is 15.6 Å². The number of benzene rings is 2. The average molecular weight is 401 g/mol. The van der Waals surface area contributed by atoms with Gasteiger partial charge < -0.3 is 0 Å². The normalized spacial score (nSPS) is 11.5. The maximum atomic E-state index is 13.0. The molecule has 0 bridgehead atoms. The molecule has 2 heterocycles. The molecule has 1 N–H and O–H groups in total. The summed E-state index contributed by atoms with van der Waals surface area (Å²) in [6.07, 6.45) is 3.95. The summed E-state index contributed by atoms with van der Waals surface area (Å²) in [7, 11) is 0. The number of aromatic nitrogens is 4. The van der Waals surface area contributed by atoms with Crippen LogP contribution in [0.25, 0.3) is 16.6 Å². The topological polar surface area (TPSA) is 85.0 Å². The number of hydrogen-bond acceptors (Lipinski definition) is 4. The Morgan fingerprint density at radius 3 is 2.53 bits per heavy atom. The molecule has 0 aliphatic heterocycles. The summed E-state index contributed by atoms with van der Waals surface area (Å²) >= 11 is 0. The molecule has 0 spiro atoms. The van der Waals surface area contributed by atoms with Crippen molar-refractivity contribution in [2.75, 3.05) is 0 Å². The zero-order chi connectivity index (χ0) is 21.1. The standard InChI is InChI=1S/C23H23N5O2/c1-3-4-14-21-25-20-13-9-8-12-18(20)22(29)28(21)24-15-19-16(2)26-27(23(19)30)17-10-6-5-7-11-17/h5-13,15,26H,3-4,14H2,1-2H3. The van der Waals surface area contributed by atoms with Gasteiger partial charge >= 0.3 is 0 Å². The Balaban J connectivity index is 1.81. The van der Waals surface area contributed by atoms with Crippen LogP contribution < -0.4 is 11.1 Å². The van der Waals surface area contributed by atoms with E-state index >= 15 is 0 Å². The van der Waals surface area contributed by atoms with E-state index in [2.05, 4.69) is 22.1 Å². The Labute approximate surface area is 173 Å². The first kappa shape index (κ1) is 19.6. The summed E-state index contributed by atoms with van der Waals surface area (Å²) in [5.41, 5.74) is 2.01. The van der Waals surface area contributed by atoms with E-state index in [1.54, 1.807) is 12.1 Å². The van der Waals surface area contributed by atoms with Crippen molar-refractivity contribution in [1.82, 2.24) is 19.4 Å². The number of H-pyrrole nitrogens is 1. The first-order valence-electron chi connectivity index (χ1n) is 10.0. The van der Waals surface area contributed by atoms with E-state index in [1.807, 2.05) is 49.4 Å². The van der Waals surface area contributed by atoms with Crippen LogP contribution in [0.2, 0.25) is 0 Å². The fourth-order valence-corrected chi connectivity index (χ4v) is 3.37. The lowest BCUT2D eigenvalue weighted by Gasteiger charge is -2.08. The summed E-state index contributed by atoms with van der Waals surface area (Å²) in [4.78, 5) is 30.6. The number of hydrogen-bond donors (Lipinski definition) is 1. The number of fused-ring (bicyclic) bond motifs is 1. The van der Waals surface area contributed by atoms with Crippen LogP contribution in [-0.2, 0) is 6.42 Å². The van der Waals surface area contributed by atoms with E-state index in [-0.39, 0.29) is 11.1 Å². The van der Waals surface area contributed by atoms with E-state index in [9.17, 15) is 9.59 Å². The Hall–Kier alpha value is -3.74. The maximum Gasteiger partial charge on any atom is 0.282 e. The minimum atomic E-state index is -0.237. The molecule has 30 heavy (non-hydrogen) atoms. The Kier molecular flexibility index (Phi) is 5.43. The van der Waals surface area contributed by atoms with Crippen LogP contribution >= 0.6 is 0 Å². The van der Waals surface area contributed by atoms with E-state index in [0.29, 0.717) is 34.4 Å². The summed E-state index contributed by atoms with van der Waals surface area (Å²) in [5.74, 6) is 0.591. The third-order valence-corrected chi connectivity index (χ3v) is 5.01. The molecular weight excluding hydrogens is 378 g/mol. The van der Waals surface area contributed by atoms with Gasteiger partial charge in [-0.1, -0.05) is 43.7 Å². The SMILES string of the molecule is CCCCc1nc2ccccc2c(=O)n1N=Cc1c(C)[nH]n(-c2ccccc2)c1=O. The van der Waals surface area contributed by atoms with Crippen molar-refractivity contribution in [3.05, 3.63) is 92.4 Å². The number of nitrogens with zero attached hydrogens (tertiary/aromatic N) is 4. The fraction of sp³-hybridized carbons (Fsp3) is 0.217. The molecule has 4 aromatic rings. The Morgan fingerprint density at radius 2 is 1.77 bits per heavy atom. The number of rotatable bonds is 6. The monoisotopic (exact) mass is 401 g/mol. The second-order valence-electron chi connectivity index (χ2n) is 7.14. The number of para-hydroxylation sites is 2. The van der Waals surface area contributed by atoms with E-state index < -0.39 is 0 Å². The van der Waals surface area contributed by atoms with Crippen LogP contribution in [-0.4, -0.2) is 25.7 Å². The highest BCUT2D eigenvalue weighted by Gasteiger charge is 2.13. The molecule has 152 valence electrons. The molecule has 0 amide bonds. The lowest BCUT2D eigenvalue weighted by Crippen LogP contribution is -2.23. The van der Waals surface area contributed by atoms with Gasteiger partial charge in [-0.2, -0.15) is 9.78 Å². The molecule has 0 unspecified atom stereocenters. The second kappa shape index (κ2) is 8.32. The lowest BCUT2D eigenvalue weighted by atomic mass is 10.2. The first-order valence-corrected chi connectivity index (χ1v) is 10.0. The van der Waals surface area contributed by atoms with Crippen molar-refractivity contribution < 1.29 is 0 Å². The summed E-state index contributed by atoms with van der Waals surface area (Å²) in [6.45, 7) is 3.89.